The number of carbonyl (C=O) groups excluding carboxylic acids is 4. The average molecular weight is 629 g/mol. The summed E-state index contributed by atoms with van der Waals surface area (Å²) in [4.78, 5) is 52.9. The van der Waals surface area contributed by atoms with Crippen molar-refractivity contribution in [1.82, 2.24) is 0 Å². The van der Waals surface area contributed by atoms with Crippen LogP contribution in [0.2, 0.25) is 0 Å². The van der Waals surface area contributed by atoms with E-state index in [1.54, 1.807) is 133 Å². The first kappa shape index (κ1) is 29.9. The maximum absolute atomic E-state index is 13.9. The van der Waals surface area contributed by atoms with Crippen molar-refractivity contribution in [2.75, 3.05) is 21.3 Å². The molecule has 2 amide bonds. The summed E-state index contributed by atoms with van der Waals surface area (Å²) in [6.45, 7) is 0. The average Bonchev–Trinajstić information content (AvgIpc) is 3.13. The normalized spacial score (nSPS) is 11.6. The fraction of sp³-hybridized carbons (Fsp3) is 0. The van der Waals surface area contributed by atoms with E-state index in [2.05, 4.69) is 21.3 Å². The lowest BCUT2D eigenvalue weighted by Gasteiger charge is -2.23. The van der Waals surface area contributed by atoms with E-state index in [1.807, 2.05) is 12.1 Å². The van der Waals surface area contributed by atoms with Crippen LogP contribution in [0.4, 0.5) is 34.1 Å². The second-order valence-corrected chi connectivity index (χ2v) is 11.2. The minimum absolute atomic E-state index is 0.214. The molecular weight excluding hydrogens is 600 g/mol. The quantitative estimate of drug-likeness (QED) is 0.134. The van der Waals surface area contributed by atoms with Crippen molar-refractivity contribution in [3.8, 4) is 0 Å². The van der Waals surface area contributed by atoms with Gasteiger partial charge in [-0.05, 0) is 84.9 Å². The van der Waals surface area contributed by atoms with Gasteiger partial charge in [0.2, 0.25) is 0 Å². The van der Waals surface area contributed by atoms with Crippen LogP contribution in [0.5, 0.6) is 0 Å². The van der Waals surface area contributed by atoms with Crippen molar-refractivity contribution < 1.29 is 19.2 Å². The summed E-state index contributed by atoms with van der Waals surface area (Å²) in [5, 5.41) is 12.3. The van der Waals surface area contributed by atoms with Crippen LogP contribution in [0.3, 0.4) is 0 Å². The van der Waals surface area contributed by atoms with E-state index in [1.165, 1.54) is 0 Å². The SMILES string of the molecule is O=C(Nc1ccc(Nc2cccc3c2C(=O)c2cccc(Nc4ccc(NC(=O)c5ccccc5)cc4)c2C3=O)cc1)c1ccccc1. The molecule has 7 rings (SSSR count). The molecule has 1 aliphatic carbocycles. The van der Waals surface area contributed by atoms with Gasteiger partial charge >= 0.3 is 0 Å². The summed E-state index contributed by atoms with van der Waals surface area (Å²) in [6.07, 6.45) is 0. The smallest absolute Gasteiger partial charge is 0.255 e. The zero-order valence-corrected chi connectivity index (χ0v) is 25.5. The Bertz CT molecular complexity index is 2020. The molecule has 0 fully saturated rings. The first-order valence-corrected chi connectivity index (χ1v) is 15.3. The minimum Gasteiger partial charge on any atom is -0.355 e. The number of carbonyl (C=O) groups is 4. The third-order valence-electron chi connectivity index (χ3n) is 7.99. The molecule has 0 atom stereocenters. The van der Waals surface area contributed by atoms with Crippen LogP contribution in [0.1, 0.15) is 52.6 Å². The molecule has 232 valence electrons. The molecule has 48 heavy (non-hydrogen) atoms. The number of benzene rings is 6. The number of rotatable bonds is 8. The Kier molecular flexibility index (Phi) is 8.03. The van der Waals surface area contributed by atoms with Crippen LogP contribution in [0.25, 0.3) is 0 Å². The number of fused-ring (bicyclic) bond motifs is 2. The molecule has 0 heterocycles. The van der Waals surface area contributed by atoms with Crippen LogP contribution in [0.15, 0.2) is 146 Å². The highest BCUT2D eigenvalue weighted by molar-refractivity contribution is 6.32. The molecule has 0 saturated carbocycles. The summed E-state index contributed by atoms with van der Waals surface area (Å²) >= 11 is 0. The topological polar surface area (TPSA) is 116 Å². The van der Waals surface area contributed by atoms with Crippen LogP contribution < -0.4 is 21.3 Å². The molecular formula is C40H28N4O4. The van der Waals surface area contributed by atoms with Gasteiger partial charge in [0.05, 0.1) is 22.5 Å². The maximum Gasteiger partial charge on any atom is 0.255 e. The Labute approximate surface area is 276 Å². The Morgan fingerprint density at radius 1 is 0.375 bits per heavy atom. The molecule has 6 aromatic rings. The Hall–Kier alpha value is -6.80. The van der Waals surface area contributed by atoms with Crippen molar-refractivity contribution in [1.29, 1.82) is 0 Å². The molecule has 0 radical (unpaired) electrons. The first-order chi connectivity index (χ1) is 23.4. The van der Waals surface area contributed by atoms with Crippen molar-refractivity contribution in [2.24, 2.45) is 0 Å². The number of ketones is 2. The predicted octanol–water partition coefficient (Wildman–Crippen LogP) is 8.45. The molecule has 0 unspecified atom stereocenters. The van der Waals surface area contributed by atoms with Gasteiger partial charge in [-0.25, -0.2) is 0 Å². The molecule has 8 heteroatoms. The second kappa shape index (κ2) is 12.9. The van der Waals surface area contributed by atoms with E-state index >= 15 is 0 Å². The van der Waals surface area contributed by atoms with E-state index in [9.17, 15) is 19.2 Å². The van der Waals surface area contributed by atoms with Gasteiger partial charge in [-0.3, -0.25) is 19.2 Å². The van der Waals surface area contributed by atoms with E-state index in [0.717, 1.165) is 0 Å². The predicted molar refractivity (Wildman–Crippen MR) is 188 cm³/mol. The van der Waals surface area contributed by atoms with Gasteiger partial charge in [-0.2, -0.15) is 0 Å². The van der Waals surface area contributed by atoms with Gasteiger partial charge in [0.25, 0.3) is 11.8 Å². The monoisotopic (exact) mass is 628 g/mol. The third-order valence-corrected chi connectivity index (χ3v) is 7.99. The highest BCUT2D eigenvalue weighted by Gasteiger charge is 2.33. The van der Waals surface area contributed by atoms with Crippen LogP contribution >= 0.6 is 0 Å². The summed E-state index contributed by atoms with van der Waals surface area (Å²) in [7, 11) is 0. The van der Waals surface area contributed by atoms with Gasteiger partial charge in [0.1, 0.15) is 0 Å². The number of amides is 2. The third kappa shape index (κ3) is 6.05. The first-order valence-electron chi connectivity index (χ1n) is 15.3. The largest absolute Gasteiger partial charge is 0.355 e. The van der Waals surface area contributed by atoms with Crippen molar-refractivity contribution in [3.63, 3.8) is 0 Å². The van der Waals surface area contributed by atoms with E-state index in [0.29, 0.717) is 67.5 Å². The molecule has 0 saturated heterocycles. The van der Waals surface area contributed by atoms with E-state index in [-0.39, 0.29) is 23.4 Å². The molecule has 8 nitrogen and oxygen atoms in total. The highest BCUT2D eigenvalue weighted by Crippen LogP contribution is 2.37. The Morgan fingerprint density at radius 3 is 1.10 bits per heavy atom. The lowest BCUT2D eigenvalue weighted by Crippen LogP contribution is -2.23. The summed E-state index contributed by atoms with van der Waals surface area (Å²) in [5.74, 6) is -0.960. The molecule has 0 aliphatic heterocycles. The second-order valence-electron chi connectivity index (χ2n) is 11.2. The van der Waals surface area contributed by atoms with E-state index in [4.69, 9.17) is 0 Å². The Balaban J connectivity index is 1.08. The summed E-state index contributed by atoms with van der Waals surface area (Å²) < 4.78 is 0. The standard InChI is InChI=1S/C40H28N4O4/c45-37-32-14-8-16-34(42-28-19-23-30(24-20-28)44-40(48)26-11-5-2-6-12-26)36(32)38(46)31-13-7-15-33(35(31)37)41-27-17-21-29(22-18-27)43-39(47)25-9-3-1-4-10-25/h1-24,41-42H,(H,43,47)(H,44,48). The van der Waals surface area contributed by atoms with Gasteiger partial charge in [-0.15, -0.1) is 0 Å². The van der Waals surface area contributed by atoms with Gasteiger partial charge in [-0.1, -0.05) is 60.7 Å². The van der Waals surface area contributed by atoms with Crippen LogP contribution in [-0.4, -0.2) is 23.4 Å². The molecule has 6 aromatic carbocycles. The fourth-order valence-electron chi connectivity index (χ4n) is 5.62. The van der Waals surface area contributed by atoms with E-state index < -0.39 is 0 Å². The molecule has 0 bridgehead atoms. The van der Waals surface area contributed by atoms with Gasteiger partial charge < -0.3 is 21.3 Å². The maximum atomic E-state index is 13.9. The lowest BCUT2D eigenvalue weighted by molar-refractivity contribution is 0.0980. The summed E-state index contributed by atoms with van der Waals surface area (Å²) in [6, 6.07) is 42.5. The fourth-order valence-corrected chi connectivity index (χ4v) is 5.62. The number of hydrogen-bond donors (Lipinski definition) is 4. The molecule has 0 spiro atoms. The number of anilines is 6. The Morgan fingerprint density at radius 2 is 0.729 bits per heavy atom. The zero-order chi connectivity index (χ0) is 33.0. The van der Waals surface area contributed by atoms with Crippen molar-refractivity contribution in [2.45, 2.75) is 0 Å². The van der Waals surface area contributed by atoms with Crippen LogP contribution in [0, 0.1) is 0 Å². The highest BCUT2D eigenvalue weighted by atomic mass is 16.2. The minimum atomic E-state index is -0.267. The number of nitrogens with one attached hydrogen (secondary N) is 4. The van der Waals surface area contributed by atoms with Crippen LogP contribution in [-0.2, 0) is 0 Å². The molecule has 1 aliphatic rings. The zero-order valence-electron chi connectivity index (χ0n) is 25.5. The summed E-state index contributed by atoms with van der Waals surface area (Å²) in [5.41, 5.74) is 5.94. The molecule has 0 aromatic heterocycles. The van der Waals surface area contributed by atoms with Gasteiger partial charge in [0.15, 0.2) is 11.6 Å². The van der Waals surface area contributed by atoms with Gasteiger partial charge in [0, 0.05) is 45.0 Å². The molecule has 4 N–H and O–H groups in total. The number of hydrogen-bond acceptors (Lipinski definition) is 6. The van der Waals surface area contributed by atoms with Crippen molar-refractivity contribution >= 4 is 57.5 Å². The van der Waals surface area contributed by atoms with Crippen molar-refractivity contribution in [3.05, 3.63) is 179 Å². The lowest BCUT2D eigenvalue weighted by atomic mass is 9.82.